The SMILES string of the molecule is CCOc1c(C(C)OC(=O)NC(C)(C)C)cc(Cl)c(C#N)c1-c1ccc(C(=O)N(C)C)nc1. The number of amides is 2. The van der Waals surface area contributed by atoms with Crippen LogP contribution in [0.1, 0.15) is 62.3 Å². The van der Waals surface area contributed by atoms with Gasteiger partial charge in [0, 0.05) is 42.5 Å². The molecule has 1 unspecified atom stereocenters. The highest BCUT2D eigenvalue weighted by Gasteiger charge is 2.26. The predicted molar refractivity (Wildman–Crippen MR) is 126 cm³/mol. The quantitative estimate of drug-likeness (QED) is 0.637. The third kappa shape index (κ3) is 6.36. The molecule has 0 bridgehead atoms. The highest BCUT2D eigenvalue weighted by atomic mass is 35.5. The maximum atomic E-state index is 12.3. The number of carbonyl (C=O) groups excluding carboxylic acids is 2. The van der Waals surface area contributed by atoms with E-state index in [4.69, 9.17) is 21.1 Å². The van der Waals surface area contributed by atoms with Gasteiger partial charge >= 0.3 is 6.09 Å². The van der Waals surface area contributed by atoms with Gasteiger partial charge in [0.05, 0.1) is 17.2 Å². The number of carbonyl (C=O) groups is 2. The van der Waals surface area contributed by atoms with Gasteiger partial charge in [-0.05, 0) is 46.8 Å². The van der Waals surface area contributed by atoms with E-state index >= 15 is 0 Å². The highest BCUT2D eigenvalue weighted by molar-refractivity contribution is 6.32. The molecular formula is C24H29ClN4O4. The lowest BCUT2D eigenvalue weighted by molar-refractivity contribution is 0.0821. The van der Waals surface area contributed by atoms with Crippen LogP contribution < -0.4 is 10.1 Å². The molecular weight excluding hydrogens is 444 g/mol. The molecule has 0 fully saturated rings. The van der Waals surface area contributed by atoms with Crippen molar-refractivity contribution in [3.8, 4) is 22.9 Å². The standard InChI is InChI=1S/C24H29ClN4O4/c1-8-32-21-16(14(2)33-23(31)28-24(3,4)5)11-18(25)17(12-26)20(21)15-9-10-19(27-13-15)22(30)29(6)7/h9-11,13-14H,8H2,1-7H3,(H,28,31). The lowest BCUT2D eigenvalue weighted by atomic mass is 9.95. The van der Waals surface area contributed by atoms with Gasteiger partial charge in [0.1, 0.15) is 23.6 Å². The van der Waals surface area contributed by atoms with Crippen molar-refractivity contribution in [2.24, 2.45) is 0 Å². The first-order valence-corrected chi connectivity index (χ1v) is 10.8. The number of benzene rings is 1. The normalized spacial score (nSPS) is 11.8. The van der Waals surface area contributed by atoms with Gasteiger partial charge < -0.3 is 19.7 Å². The summed E-state index contributed by atoms with van der Waals surface area (Å²) in [4.78, 5) is 30.2. The number of nitrogens with zero attached hydrogens (tertiary/aromatic N) is 3. The Morgan fingerprint density at radius 2 is 1.97 bits per heavy atom. The Bertz CT molecular complexity index is 1070. The lowest BCUT2D eigenvalue weighted by Crippen LogP contribution is -2.41. The molecule has 1 atom stereocenters. The molecule has 0 aliphatic heterocycles. The smallest absolute Gasteiger partial charge is 0.408 e. The molecule has 0 spiro atoms. The van der Waals surface area contributed by atoms with E-state index < -0.39 is 17.7 Å². The number of hydrogen-bond acceptors (Lipinski definition) is 6. The van der Waals surface area contributed by atoms with Crippen LogP contribution in [0.5, 0.6) is 5.75 Å². The summed E-state index contributed by atoms with van der Waals surface area (Å²) in [6.07, 6.45) is 0.182. The topological polar surface area (TPSA) is 105 Å². The monoisotopic (exact) mass is 472 g/mol. The summed E-state index contributed by atoms with van der Waals surface area (Å²) >= 11 is 6.45. The molecule has 2 amide bonds. The van der Waals surface area contributed by atoms with Crippen molar-refractivity contribution in [2.45, 2.75) is 46.3 Å². The second-order valence-electron chi connectivity index (χ2n) is 8.63. The summed E-state index contributed by atoms with van der Waals surface area (Å²) in [5, 5.41) is 12.7. The molecule has 1 heterocycles. The number of aromatic nitrogens is 1. The van der Waals surface area contributed by atoms with Crippen LogP contribution in [-0.4, -0.2) is 48.1 Å². The molecule has 0 radical (unpaired) electrons. The predicted octanol–water partition coefficient (Wildman–Crippen LogP) is 4.96. The minimum Gasteiger partial charge on any atom is -0.493 e. The maximum Gasteiger partial charge on any atom is 0.408 e. The molecule has 0 saturated heterocycles. The van der Waals surface area contributed by atoms with Gasteiger partial charge in [-0.3, -0.25) is 9.78 Å². The number of hydrogen-bond donors (Lipinski definition) is 1. The van der Waals surface area contributed by atoms with Crippen LogP contribution in [-0.2, 0) is 4.74 Å². The fourth-order valence-electron chi connectivity index (χ4n) is 3.10. The van der Waals surface area contributed by atoms with Crippen molar-refractivity contribution < 1.29 is 19.1 Å². The van der Waals surface area contributed by atoms with Crippen LogP contribution in [0, 0.1) is 11.3 Å². The van der Waals surface area contributed by atoms with Crippen molar-refractivity contribution in [1.82, 2.24) is 15.2 Å². The van der Waals surface area contributed by atoms with Gasteiger partial charge in [-0.2, -0.15) is 5.26 Å². The molecule has 9 heteroatoms. The van der Waals surface area contributed by atoms with Crippen LogP contribution in [0.4, 0.5) is 4.79 Å². The number of nitrogens with one attached hydrogen (secondary N) is 1. The second-order valence-corrected chi connectivity index (χ2v) is 9.03. The van der Waals surface area contributed by atoms with Gasteiger partial charge in [-0.25, -0.2) is 4.79 Å². The van der Waals surface area contributed by atoms with Crippen LogP contribution in [0.15, 0.2) is 24.4 Å². The molecule has 1 aromatic carbocycles. The molecule has 0 aliphatic carbocycles. The number of alkyl carbamates (subject to hydrolysis) is 1. The Balaban J connectivity index is 2.61. The fraction of sp³-hybridized carbons (Fsp3) is 0.417. The Morgan fingerprint density at radius 3 is 2.45 bits per heavy atom. The largest absolute Gasteiger partial charge is 0.493 e. The molecule has 176 valence electrons. The average Bonchev–Trinajstić information content (AvgIpc) is 2.72. The van der Waals surface area contributed by atoms with Crippen molar-refractivity contribution >= 4 is 23.6 Å². The van der Waals surface area contributed by atoms with Crippen LogP contribution in [0.25, 0.3) is 11.1 Å². The van der Waals surface area contributed by atoms with Crippen molar-refractivity contribution in [3.05, 3.63) is 46.2 Å². The summed E-state index contributed by atoms with van der Waals surface area (Å²) in [5.41, 5.74) is 1.46. The van der Waals surface area contributed by atoms with E-state index in [0.29, 0.717) is 29.0 Å². The number of rotatable bonds is 6. The van der Waals surface area contributed by atoms with E-state index in [1.807, 2.05) is 27.7 Å². The molecule has 2 rings (SSSR count). The summed E-state index contributed by atoms with van der Waals surface area (Å²) < 4.78 is 11.5. The summed E-state index contributed by atoms with van der Waals surface area (Å²) in [7, 11) is 3.28. The Hall–Kier alpha value is -3.31. The fourth-order valence-corrected chi connectivity index (χ4v) is 3.35. The summed E-state index contributed by atoms with van der Waals surface area (Å²) in [6.45, 7) is 9.35. The number of ether oxygens (including phenoxy) is 2. The minimum absolute atomic E-state index is 0.186. The first kappa shape index (κ1) is 25.9. The average molecular weight is 473 g/mol. The van der Waals surface area contributed by atoms with Gasteiger partial charge in [0.2, 0.25) is 0 Å². The molecule has 8 nitrogen and oxygen atoms in total. The molecule has 33 heavy (non-hydrogen) atoms. The van der Waals surface area contributed by atoms with E-state index in [9.17, 15) is 14.9 Å². The van der Waals surface area contributed by atoms with Crippen LogP contribution >= 0.6 is 11.6 Å². The third-order valence-corrected chi connectivity index (χ3v) is 4.84. The zero-order valence-corrected chi connectivity index (χ0v) is 20.7. The zero-order chi connectivity index (χ0) is 24.9. The number of pyridine rings is 1. The Labute approximate surface area is 199 Å². The minimum atomic E-state index is -0.722. The van der Waals surface area contributed by atoms with Gasteiger partial charge in [-0.15, -0.1) is 0 Å². The van der Waals surface area contributed by atoms with E-state index in [2.05, 4.69) is 16.4 Å². The molecule has 0 saturated carbocycles. The molecule has 1 aromatic heterocycles. The van der Waals surface area contributed by atoms with Gasteiger partial charge in [-0.1, -0.05) is 17.7 Å². The Kier molecular flexibility index (Phi) is 8.29. The van der Waals surface area contributed by atoms with Gasteiger partial charge in [0.15, 0.2) is 0 Å². The highest BCUT2D eigenvalue weighted by Crippen LogP contribution is 2.43. The first-order valence-electron chi connectivity index (χ1n) is 10.5. The van der Waals surface area contributed by atoms with Crippen molar-refractivity contribution in [1.29, 1.82) is 5.26 Å². The maximum absolute atomic E-state index is 12.3. The molecule has 1 N–H and O–H groups in total. The van der Waals surface area contributed by atoms with E-state index in [-0.39, 0.29) is 22.2 Å². The molecule has 2 aromatic rings. The van der Waals surface area contributed by atoms with E-state index in [0.717, 1.165) is 0 Å². The van der Waals surface area contributed by atoms with Crippen LogP contribution in [0.2, 0.25) is 5.02 Å². The lowest BCUT2D eigenvalue weighted by Gasteiger charge is -2.24. The number of halogens is 1. The number of nitriles is 1. The summed E-state index contributed by atoms with van der Waals surface area (Å²) in [5.74, 6) is 0.119. The molecule has 0 aliphatic rings. The Morgan fingerprint density at radius 1 is 1.30 bits per heavy atom. The first-order chi connectivity index (χ1) is 15.4. The third-order valence-electron chi connectivity index (χ3n) is 4.54. The zero-order valence-electron chi connectivity index (χ0n) is 19.9. The van der Waals surface area contributed by atoms with E-state index in [1.165, 1.54) is 11.1 Å². The van der Waals surface area contributed by atoms with E-state index in [1.54, 1.807) is 39.2 Å². The van der Waals surface area contributed by atoms with Crippen LogP contribution in [0.3, 0.4) is 0 Å². The van der Waals surface area contributed by atoms with Crippen molar-refractivity contribution in [2.75, 3.05) is 20.7 Å². The second kappa shape index (κ2) is 10.5. The summed E-state index contributed by atoms with van der Waals surface area (Å²) in [6, 6.07) is 6.95. The van der Waals surface area contributed by atoms with Gasteiger partial charge in [0.25, 0.3) is 5.91 Å². The van der Waals surface area contributed by atoms with Crippen molar-refractivity contribution in [3.63, 3.8) is 0 Å².